The number of nitrogens with zero attached hydrogens (tertiary/aromatic N) is 4. The Morgan fingerprint density at radius 1 is 0.426 bits per heavy atom. The Labute approximate surface area is 271 Å². The molecule has 4 heterocycles. The normalized spacial score (nSPS) is 11.8. The first-order valence-electron chi connectivity index (χ1n) is 15.3. The van der Waals surface area contributed by atoms with E-state index in [9.17, 15) is 0 Å². The number of fused-ring (bicyclic) bond motifs is 7. The third kappa shape index (κ3) is 4.17. The quantitative estimate of drug-likeness (QED) is 0.194. The van der Waals surface area contributed by atoms with E-state index in [0.29, 0.717) is 23.4 Å². The van der Waals surface area contributed by atoms with Crippen LogP contribution in [0.5, 0.6) is 0 Å². The molecule has 47 heavy (non-hydrogen) atoms. The van der Waals surface area contributed by atoms with E-state index in [4.69, 9.17) is 28.8 Å². The van der Waals surface area contributed by atoms with E-state index in [0.717, 1.165) is 75.5 Å². The summed E-state index contributed by atoms with van der Waals surface area (Å²) in [5.41, 5.74) is 6.91. The van der Waals surface area contributed by atoms with Crippen molar-refractivity contribution in [1.29, 1.82) is 0 Å². The zero-order valence-electron chi connectivity index (χ0n) is 24.7. The van der Waals surface area contributed by atoms with Crippen LogP contribution in [0.1, 0.15) is 0 Å². The van der Waals surface area contributed by atoms with Gasteiger partial charge in [-0.3, -0.25) is 0 Å². The van der Waals surface area contributed by atoms with E-state index >= 15 is 0 Å². The summed E-state index contributed by atoms with van der Waals surface area (Å²) in [5, 5.41) is 4.20. The molecule has 10 rings (SSSR count). The van der Waals surface area contributed by atoms with Crippen molar-refractivity contribution >= 4 is 64.5 Å². The van der Waals surface area contributed by atoms with Crippen molar-refractivity contribution in [2.45, 2.75) is 0 Å². The summed E-state index contributed by atoms with van der Waals surface area (Å²) in [4.78, 5) is 19.9. The minimum absolute atomic E-state index is 0.566. The van der Waals surface area contributed by atoms with Gasteiger partial charge < -0.3 is 8.83 Å². The number of hydrogen-bond acceptors (Lipinski definition) is 7. The number of benzene rings is 6. The predicted octanol–water partition coefficient (Wildman–Crippen LogP) is 10.9. The molecule has 0 fully saturated rings. The lowest BCUT2D eigenvalue weighted by molar-refractivity contribution is 0.620. The number of thiophene rings is 1. The van der Waals surface area contributed by atoms with E-state index in [1.54, 1.807) is 11.3 Å². The number of furan rings is 1. The van der Waals surface area contributed by atoms with Crippen molar-refractivity contribution in [3.8, 4) is 45.6 Å². The lowest BCUT2D eigenvalue weighted by Gasteiger charge is -2.09. The number of para-hydroxylation sites is 1. The van der Waals surface area contributed by atoms with Crippen LogP contribution in [-0.4, -0.2) is 19.9 Å². The molecule has 0 saturated carbocycles. The molecule has 0 aliphatic heterocycles. The summed E-state index contributed by atoms with van der Waals surface area (Å²) in [6.07, 6.45) is 0. The fourth-order valence-electron chi connectivity index (χ4n) is 6.43. The monoisotopic (exact) mass is 622 g/mol. The summed E-state index contributed by atoms with van der Waals surface area (Å²) < 4.78 is 14.9. The highest BCUT2D eigenvalue weighted by Crippen LogP contribution is 2.43. The smallest absolute Gasteiger partial charge is 0.228 e. The van der Waals surface area contributed by atoms with Gasteiger partial charge in [0.15, 0.2) is 23.1 Å². The number of rotatable bonds is 4. The van der Waals surface area contributed by atoms with Gasteiger partial charge in [-0.25, -0.2) is 19.9 Å². The van der Waals surface area contributed by atoms with Gasteiger partial charge in [-0.2, -0.15) is 0 Å². The van der Waals surface area contributed by atoms with Crippen molar-refractivity contribution in [3.63, 3.8) is 0 Å². The van der Waals surface area contributed by atoms with Gasteiger partial charge >= 0.3 is 0 Å². The van der Waals surface area contributed by atoms with E-state index in [-0.39, 0.29) is 0 Å². The maximum atomic E-state index is 6.52. The van der Waals surface area contributed by atoms with E-state index in [2.05, 4.69) is 36.4 Å². The molecule has 4 aromatic heterocycles. The molecule has 0 atom stereocenters. The van der Waals surface area contributed by atoms with Crippen LogP contribution in [0.2, 0.25) is 0 Å². The van der Waals surface area contributed by atoms with Crippen molar-refractivity contribution < 1.29 is 8.83 Å². The van der Waals surface area contributed by atoms with Crippen molar-refractivity contribution in [2.24, 2.45) is 0 Å². The van der Waals surface area contributed by atoms with Gasteiger partial charge in [0.1, 0.15) is 16.7 Å². The summed E-state index contributed by atoms with van der Waals surface area (Å²) in [6, 6.07) is 44.7. The molecule has 0 N–H and O–H groups in total. The van der Waals surface area contributed by atoms with Crippen LogP contribution in [0.3, 0.4) is 0 Å². The molecule has 10 aromatic rings. The second kappa shape index (κ2) is 10.2. The van der Waals surface area contributed by atoms with Crippen LogP contribution in [0.15, 0.2) is 142 Å². The Morgan fingerprint density at radius 2 is 1.09 bits per heavy atom. The van der Waals surface area contributed by atoms with Crippen LogP contribution in [0.4, 0.5) is 0 Å². The highest BCUT2D eigenvalue weighted by Gasteiger charge is 2.20. The molecule has 0 amide bonds. The molecular weight excluding hydrogens is 601 g/mol. The zero-order chi connectivity index (χ0) is 30.9. The highest BCUT2D eigenvalue weighted by atomic mass is 32.1. The average Bonchev–Trinajstić information content (AvgIpc) is 3.83. The van der Waals surface area contributed by atoms with Gasteiger partial charge in [0.2, 0.25) is 5.89 Å². The SMILES string of the molecule is c1ccc(-c2nc(-c3ccccc3)nc(-c3cccc4sc5cc6nc(-c7cccc8oc9ccccc9c78)oc6cc5c34)n2)cc1. The largest absolute Gasteiger partial charge is 0.456 e. The van der Waals surface area contributed by atoms with E-state index < -0.39 is 0 Å². The fourth-order valence-corrected chi connectivity index (χ4v) is 7.58. The van der Waals surface area contributed by atoms with Gasteiger partial charge in [-0.1, -0.05) is 97.1 Å². The molecule has 0 spiro atoms. The van der Waals surface area contributed by atoms with Crippen LogP contribution >= 0.6 is 11.3 Å². The molecule has 0 aliphatic carbocycles. The zero-order valence-corrected chi connectivity index (χ0v) is 25.5. The van der Waals surface area contributed by atoms with Gasteiger partial charge in [0.25, 0.3) is 0 Å². The molecule has 7 heteroatoms. The first-order valence-corrected chi connectivity index (χ1v) is 16.1. The Bertz CT molecular complexity index is 2740. The Balaban J connectivity index is 1.18. The molecule has 0 saturated heterocycles. The molecule has 0 unspecified atom stereocenters. The molecule has 6 nitrogen and oxygen atoms in total. The van der Waals surface area contributed by atoms with Crippen molar-refractivity contribution in [2.75, 3.05) is 0 Å². The second-order valence-corrected chi connectivity index (χ2v) is 12.5. The molecular formula is C40H22N4O2S. The summed E-state index contributed by atoms with van der Waals surface area (Å²) >= 11 is 1.73. The molecule has 0 aliphatic rings. The van der Waals surface area contributed by atoms with Crippen molar-refractivity contribution in [1.82, 2.24) is 19.9 Å². The minimum atomic E-state index is 0.566. The maximum absolute atomic E-state index is 6.52. The number of aromatic nitrogens is 4. The third-order valence-corrected chi connectivity index (χ3v) is 9.70. The first-order chi connectivity index (χ1) is 23.3. The Hall–Kier alpha value is -6.18. The van der Waals surface area contributed by atoms with E-state index in [1.165, 1.54) is 0 Å². The topological polar surface area (TPSA) is 77.8 Å². The second-order valence-electron chi connectivity index (χ2n) is 11.4. The summed E-state index contributed by atoms with van der Waals surface area (Å²) in [7, 11) is 0. The average molecular weight is 623 g/mol. The molecule has 0 bridgehead atoms. The predicted molar refractivity (Wildman–Crippen MR) is 189 cm³/mol. The van der Waals surface area contributed by atoms with Gasteiger partial charge in [-0.15, -0.1) is 11.3 Å². The van der Waals surface area contributed by atoms with Crippen LogP contribution in [0.25, 0.3) is 98.8 Å². The minimum Gasteiger partial charge on any atom is -0.456 e. The highest BCUT2D eigenvalue weighted by molar-refractivity contribution is 7.26. The van der Waals surface area contributed by atoms with Crippen LogP contribution in [-0.2, 0) is 0 Å². The molecule has 220 valence electrons. The number of oxazole rings is 1. The summed E-state index contributed by atoms with van der Waals surface area (Å²) in [6.45, 7) is 0. The Morgan fingerprint density at radius 3 is 1.87 bits per heavy atom. The van der Waals surface area contributed by atoms with Gasteiger partial charge in [0.05, 0.1) is 0 Å². The van der Waals surface area contributed by atoms with Crippen LogP contribution in [0, 0.1) is 0 Å². The first kappa shape index (κ1) is 26.1. The fraction of sp³-hybridized carbons (Fsp3) is 0. The molecule has 0 radical (unpaired) electrons. The Kier molecular flexibility index (Phi) is 5.64. The van der Waals surface area contributed by atoms with Crippen molar-refractivity contribution in [3.05, 3.63) is 133 Å². The summed E-state index contributed by atoms with van der Waals surface area (Å²) in [5.74, 6) is 2.46. The van der Waals surface area contributed by atoms with E-state index in [1.807, 2.05) is 97.1 Å². The van der Waals surface area contributed by atoms with Crippen LogP contribution < -0.4 is 0 Å². The number of hydrogen-bond donors (Lipinski definition) is 0. The maximum Gasteiger partial charge on any atom is 0.228 e. The van der Waals surface area contributed by atoms with Gasteiger partial charge in [0, 0.05) is 53.2 Å². The lowest BCUT2D eigenvalue weighted by atomic mass is 10.0. The standard InChI is InChI=1S/C40H22N4O2S/c1-3-11-23(12-4-1)37-42-38(24-13-5-2-6-14-24)44-39(43-37)26-16-10-20-33-36(26)28-21-32-29(22-34(28)47-33)41-40(46-32)27-17-9-19-31-35(27)25-15-7-8-18-30(25)45-31/h1-22H. The molecule has 6 aromatic carbocycles. The third-order valence-electron chi connectivity index (χ3n) is 8.58. The van der Waals surface area contributed by atoms with Gasteiger partial charge in [-0.05, 0) is 36.4 Å². The lowest BCUT2D eigenvalue weighted by Crippen LogP contribution is -2.00.